The highest BCUT2D eigenvalue weighted by molar-refractivity contribution is 7.21. The van der Waals surface area contributed by atoms with E-state index in [2.05, 4.69) is 5.32 Å². The third-order valence-electron chi connectivity index (χ3n) is 3.83. The molecular formula is C16H15ClFNO3S. The Bertz CT molecular complexity index is 772. The van der Waals surface area contributed by atoms with Crippen molar-refractivity contribution < 1.29 is 18.7 Å². The number of fused-ring (bicyclic) bond motifs is 1. The maximum atomic E-state index is 13.2. The molecule has 122 valence electrons. The molecular weight excluding hydrogens is 341 g/mol. The van der Waals surface area contributed by atoms with E-state index in [1.165, 1.54) is 18.2 Å². The lowest BCUT2D eigenvalue weighted by Gasteiger charge is -2.12. The van der Waals surface area contributed by atoms with Crippen LogP contribution in [0.25, 0.3) is 10.1 Å². The van der Waals surface area contributed by atoms with Gasteiger partial charge in [-0.1, -0.05) is 11.6 Å². The minimum atomic E-state index is -0.675. The molecule has 3 rings (SSSR count). The average molecular weight is 356 g/mol. The summed E-state index contributed by atoms with van der Waals surface area (Å²) < 4.78 is 18.8. The molecule has 0 aliphatic heterocycles. The van der Waals surface area contributed by atoms with Gasteiger partial charge in [-0.2, -0.15) is 0 Å². The first-order valence-electron chi connectivity index (χ1n) is 7.29. The standard InChI is InChI=1S/C16H15ClFNO3S/c1-8(9-2-3-9)19-13(20)7-22-16(21)15-14(17)11-5-4-10(18)6-12(11)23-15/h4-6,8-9H,2-3,7H2,1H3,(H,19,20)/t8-/m0/s1. The predicted octanol–water partition coefficient (Wildman–Crippen LogP) is 3.77. The van der Waals surface area contributed by atoms with E-state index in [1.807, 2.05) is 6.92 Å². The number of benzene rings is 1. The second-order valence-electron chi connectivity index (χ2n) is 5.66. The number of rotatable bonds is 5. The van der Waals surface area contributed by atoms with E-state index >= 15 is 0 Å². The van der Waals surface area contributed by atoms with E-state index in [1.54, 1.807) is 0 Å². The summed E-state index contributed by atoms with van der Waals surface area (Å²) in [6.45, 7) is 1.59. The van der Waals surface area contributed by atoms with Gasteiger partial charge in [0.05, 0.1) is 5.02 Å². The topological polar surface area (TPSA) is 55.4 Å². The predicted molar refractivity (Wildman–Crippen MR) is 87.4 cm³/mol. The van der Waals surface area contributed by atoms with Crippen LogP contribution in [-0.4, -0.2) is 24.5 Å². The van der Waals surface area contributed by atoms with Gasteiger partial charge in [0.15, 0.2) is 6.61 Å². The van der Waals surface area contributed by atoms with E-state index < -0.39 is 11.8 Å². The van der Waals surface area contributed by atoms with Gasteiger partial charge in [-0.25, -0.2) is 9.18 Å². The van der Waals surface area contributed by atoms with Crippen LogP contribution in [0.4, 0.5) is 4.39 Å². The van der Waals surface area contributed by atoms with E-state index in [-0.39, 0.29) is 28.5 Å². The second-order valence-corrected chi connectivity index (χ2v) is 7.09. The molecule has 1 aromatic heterocycles. The maximum absolute atomic E-state index is 13.2. The van der Waals surface area contributed by atoms with Crippen LogP contribution in [0.2, 0.25) is 5.02 Å². The molecule has 4 nitrogen and oxygen atoms in total. The molecule has 1 aliphatic carbocycles. The summed E-state index contributed by atoms with van der Waals surface area (Å²) in [6, 6.07) is 4.21. The van der Waals surface area contributed by atoms with Crippen LogP contribution in [-0.2, 0) is 9.53 Å². The molecule has 1 N–H and O–H groups in total. The lowest BCUT2D eigenvalue weighted by molar-refractivity contribution is -0.124. The molecule has 1 aromatic carbocycles. The number of hydrogen-bond acceptors (Lipinski definition) is 4. The quantitative estimate of drug-likeness (QED) is 0.831. The van der Waals surface area contributed by atoms with Crippen molar-refractivity contribution in [2.24, 2.45) is 5.92 Å². The molecule has 0 spiro atoms. The lowest BCUT2D eigenvalue weighted by Crippen LogP contribution is -2.37. The van der Waals surface area contributed by atoms with Gasteiger partial charge >= 0.3 is 5.97 Å². The van der Waals surface area contributed by atoms with Crippen LogP contribution in [0.3, 0.4) is 0 Å². The number of hydrogen-bond donors (Lipinski definition) is 1. The highest BCUT2D eigenvalue weighted by Crippen LogP contribution is 2.36. The van der Waals surface area contributed by atoms with E-state index in [0.29, 0.717) is 16.0 Å². The summed E-state index contributed by atoms with van der Waals surface area (Å²) in [7, 11) is 0. The number of carbonyl (C=O) groups is 2. The summed E-state index contributed by atoms with van der Waals surface area (Å²) in [4.78, 5) is 24.0. The van der Waals surface area contributed by atoms with Crippen molar-refractivity contribution in [3.05, 3.63) is 33.9 Å². The van der Waals surface area contributed by atoms with Crippen molar-refractivity contribution in [3.63, 3.8) is 0 Å². The van der Waals surface area contributed by atoms with E-state index in [4.69, 9.17) is 16.3 Å². The van der Waals surface area contributed by atoms with E-state index in [0.717, 1.165) is 24.2 Å². The Kier molecular flexibility index (Phi) is 4.55. The zero-order chi connectivity index (χ0) is 16.6. The van der Waals surface area contributed by atoms with Crippen molar-refractivity contribution in [3.8, 4) is 0 Å². The number of esters is 1. The molecule has 0 unspecified atom stereocenters. The van der Waals surface area contributed by atoms with Crippen LogP contribution in [0, 0.1) is 11.7 Å². The number of carbonyl (C=O) groups excluding carboxylic acids is 2. The van der Waals surface area contributed by atoms with Gasteiger partial charge in [0.1, 0.15) is 10.7 Å². The third-order valence-corrected chi connectivity index (χ3v) is 5.47. The van der Waals surface area contributed by atoms with Crippen LogP contribution >= 0.6 is 22.9 Å². The Morgan fingerprint density at radius 3 is 2.91 bits per heavy atom. The molecule has 1 saturated carbocycles. The summed E-state index contributed by atoms with van der Waals surface area (Å²) in [5.41, 5.74) is 0. The SMILES string of the molecule is C[C@H](NC(=O)COC(=O)c1sc2cc(F)ccc2c1Cl)C1CC1. The van der Waals surface area contributed by atoms with Crippen LogP contribution in [0.15, 0.2) is 18.2 Å². The van der Waals surface area contributed by atoms with Crippen molar-refractivity contribution >= 4 is 44.9 Å². The molecule has 7 heteroatoms. The molecule has 0 radical (unpaired) electrons. The summed E-state index contributed by atoms with van der Waals surface area (Å²) in [5, 5.41) is 3.62. The number of halogens is 2. The van der Waals surface area contributed by atoms with Gasteiger partial charge in [0, 0.05) is 16.1 Å². The lowest BCUT2D eigenvalue weighted by atomic mass is 10.2. The van der Waals surface area contributed by atoms with Crippen molar-refractivity contribution in [2.75, 3.05) is 6.61 Å². The van der Waals surface area contributed by atoms with Gasteiger partial charge in [0.2, 0.25) is 0 Å². The van der Waals surface area contributed by atoms with Gasteiger partial charge in [-0.05, 0) is 43.9 Å². The zero-order valence-electron chi connectivity index (χ0n) is 12.4. The second kappa shape index (κ2) is 6.45. The minimum Gasteiger partial charge on any atom is -0.451 e. The summed E-state index contributed by atoms with van der Waals surface area (Å²) >= 11 is 7.19. The fraction of sp³-hybridized carbons (Fsp3) is 0.375. The highest BCUT2D eigenvalue weighted by atomic mass is 35.5. The molecule has 0 saturated heterocycles. The van der Waals surface area contributed by atoms with Gasteiger partial charge < -0.3 is 10.1 Å². The van der Waals surface area contributed by atoms with Gasteiger partial charge in [-0.3, -0.25) is 4.79 Å². The summed E-state index contributed by atoms with van der Waals surface area (Å²) in [5.74, 6) is -0.878. The molecule has 1 amide bonds. The van der Waals surface area contributed by atoms with Gasteiger partial charge in [-0.15, -0.1) is 11.3 Å². The maximum Gasteiger partial charge on any atom is 0.350 e. The summed E-state index contributed by atoms with van der Waals surface area (Å²) in [6.07, 6.45) is 2.24. The Morgan fingerprint density at radius 1 is 1.48 bits per heavy atom. The molecule has 0 bridgehead atoms. The largest absolute Gasteiger partial charge is 0.451 e. The fourth-order valence-electron chi connectivity index (χ4n) is 2.38. The average Bonchev–Trinajstić information content (AvgIpc) is 3.30. The van der Waals surface area contributed by atoms with E-state index in [9.17, 15) is 14.0 Å². The van der Waals surface area contributed by atoms with Crippen LogP contribution in [0.5, 0.6) is 0 Å². The molecule has 1 aliphatic rings. The number of nitrogens with one attached hydrogen (secondary N) is 1. The Balaban J connectivity index is 1.63. The first kappa shape index (κ1) is 16.2. The monoisotopic (exact) mass is 355 g/mol. The Hall–Kier alpha value is -1.66. The normalized spacial score (nSPS) is 15.4. The zero-order valence-corrected chi connectivity index (χ0v) is 14.0. The number of ether oxygens (including phenoxy) is 1. The Labute approximate surface area is 141 Å². The molecule has 23 heavy (non-hydrogen) atoms. The highest BCUT2D eigenvalue weighted by Gasteiger charge is 2.29. The first-order valence-corrected chi connectivity index (χ1v) is 8.49. The number of thiophene rings is 1. The fourth-order valence-corrected chi connectivity index (χ4v) is 3.80. The third kappa shape index (κ3) is 3.64. The number of amides is 1. The Morgan fingerprint density at radius 2 is 2.22 bits per heavy atom. The van der Waals surface area contributed by atoms with Crippen LogP contribution < -0.4 is 5.32 Å². The molecule has 1 fully saturated rings. The minimum absolute atomic E-state index is 0.0945. The van der Waals surface area contributed by atoms with Crippen LogP contribution in [0.1, 0.15) is 29.4 Å². The smallest absolute Gasteiger partial charge is 0.350 e. The van der Waals surface area contributed by atoms with Gasteiger partial charge in [0.25, 0.3) is 5.91 Å². The van der Waals surface area contributed by atoms with Crippen molar-refractivity contribution in [1.82, 2.24) is 5.32 Å². The van der Waals surface area contributed by atoms with Crippen molar-refractivity contribution in [2.45, 2.75) is 25.8 Å². The molecule has 1 heterocycles. The molecule has 1 atom stereocenters. The molecule has 2 aromatic rings. The van der Waals surface area contributed by atoms with Crippen molar-refractivity contribution in [1.29, 1.82) is 0 Å². The first-order chi connectivity index (χ1) is 11.0.